The Bertz CT molecular complexity index is 578. The third-order valence-electron chi connectivity index (χ3n) is 1.97. The lowest BCUT2D eigenvalue weighted by Crippen LogP contribution is -1.86. The van der Waals surface area contributed by atoms with Crippen LogP contribution in [0.5, 0.6) is 0 Å². The molecule has 0 saturated heterocycles. The van der Waals surface area contributed by atoms with Gasteiger partial charge < -0.3 is 5.11 Å². The molecule has 2 N–H and O–H groups in total. The molecule has 5 nitrogen and oxygen atoms in total. The number of H-pyrrole nitrogens is 1. The van der Waals surface area contributed by atoms with Gasteiger partial charge in [-0.15, -0.1) is 0 Å². The summed E-state index contributed by atoms with van der Waals surface area (Å²) in [6.07, 6.45) is 2.33. The van der Waals surface area contributed by atoms with Crippen molar-refractivity contribution < 1.29 is 9.90 Å². The predicted molar refractivity (Wildman–Crippen MR) is 63.5 cm³/mol. The van der Waals surface area contributed by atoms with E-state index in [0.29, 0.717) is 16.7 Å². The zero-order valence-electron chi connectivity index (χ0n) is 8.59. The number of carbonyl (C=O) groups is 1. The number of rotatable bonds is 3. The van der Waals surface area contributed by atoms with Gasteiger partial charge in [-0.05, 0) is 18.2 Å². The van der Waals surface area contributed by atoms with Crippen molar-refractivity contribution in [2.24, 2.45) is 0 Å². The number of carboxylic acid groups (broad SMARTS) is 1. The van der Waals surface area contributed by atoms with E-state index in [1.807, 2.05) is 6.07 Å². The normalized spacial score (nSPS) is 10.9. The van der Waals surface area contributed by atoms with Gasteiger partial charge in [-0.25, -0.2) is 9.78 Å². The van der Waals surface area contributed by atoms with Crippen molar-refractivity contribution in [1.82, 2.24) is 15.2 Å². The molecule has 1 heterocycles. The molecule has 2 aromatic rings. The first kappa shape index (κ1) is 11.3. The van der Waals surface area contributed by atoms with E-state index in [4.69, 9.17) is 16.7 Å². The number of nitrogens with one attached hydrogen (secondary N) is 1. The highest BCUT2D eigenvalue weighted by Crippen LogP contribution is 2.19. The fourth-order valence-electron chi connectivity index (χ4n) is 1.26. The molecule has 0 saturated carbocycles. The van der Waals surface area contributed by atoms with Crippen LogP contribution in [0, 0.1) is 0 Å². The van der Waals surface area contributed by atoms with E-state index in [-0.39, 0.29) is 0 Å². The summed E-state index contributed by atoms with van der Waals surface area (Å²) in [6, 6.07) is 7.10. The van der Waals surface area contributed by atoms with Crippen LogP contribution >= 0.6 is 11.6 Å². The van der Waals surface area contributed by atoms with Crippen molar-refractivity contribution in [2.45, 2.75) is 0 Å². The summed E-state index contributed by atoms with van der Waals surface area (Å²) in [4.78, 5) is 14.4. The van der Waals surface area contributed by atoms with Crippen molar-refractivity contribution in [2.75, 3.05) is 0 Å². The number of aromatic amines is 1. The van der Waals surface area contributed by atoms with Gasteiger partial charge >= 0.3 is 5.97 Å². The molecular formula is C11H8ClN3O2. The van der Waals surface area contributed by atoms with Gasteiger partial charge in [-0.3, -0.25) is 5.10 Å². The van der Waals surface area contributed by atoms with Crippen LogP contribution < -0.4 is 0 Å². The topological polar surface area (TPSA) is 78.9 Å². The fourth-order valence-corrected chi connectivity index (χ4v) is 1.45. The molecule has 0 unspecified atom stereocenters. The molecule has 0 spiro atoms. The van der Waals surface area contributed by atoms with Crippen LogP contribution in [0.2, 0.25) is 5.02 Å². The van der Waals surface area contributed by atoms with Gasteiger partial charge in [0.1, 0.15) is 5.82 Å². The van der Waals surface area contributed by atoms with Crippen LogP contribution in [0.15, 0.2) is 30.3 Å². The summed E-state index contributed by atoms with van der Waals surface area (Å²) in [6.45, 7) is 0. The van der Waals surface area contributed by atoms with Crippen molar-refractivity contribution in [3.8, 4) is 11.4 Å². The number of aromatic nitrogens is 3. The molecule has 0 aliphatic rings. The highest BCUT2D eigenvalue weighted by Gasteiger charge is 2.04. The molecule has 0 atom stereocenters. The minimum absolute atomic E-state index is 0.377. The summed E-state index contributed by atoms with van der Waals surface area (Å²) in [5.74, 6) is -0.189. The number of aliphatic carboxylic acids is 1. The maximum atomic E-state index is 10.3. The van der Waals surface area contributed by atoms with Gasteiger partial charge in [-0.2, -0.15) is 5.10 Å². The van der Waals surface area contributed by atoms with Crippen LogP contribution in [0.1, 0.15) is 5.82 Å². The Balaban J connectivity index is 2.27. The molecule has 1 aromatic heterocycles. The molecule has 17 heavy (non-hydrogen) atoms. The van der Waals surface area contributed by atoms with Gasteiger partial charge in [0, 0.05) is 16.7 Å². The van der Waals surface area contributed by atoms with E-state index >= 15 is 0 Å². The summed E-state index contributed by atoms with van der Waals surface area (Å²) in [5.41, 5.74) is 0.767. The maximum Gasteiger partial charge on any atom is 0.328 e. The summed E-state index contributed by atoms with van der Waals surface area (Å²) in [7, 11) is 0. The zero-order valence-corrected chi connectivity index (χ0v) is 9.35. The smallest absolute Gasteiger partial charge is 0.328 e. The Labute approximate surface area is 102 Å². The second-order valence-electron chi connectivity index (χ2n) is 3.23. The molecule has 1 aromatic carbocycles. The molecule has 0 bridgehead atoms. The molecular weight excluding hydrogens is 242 g/mol. The number of benzene rings is 1. The summed E-state index contributed by atoms with van der Waals surface area (Å²) >= 11 is 5.85. The number of hydrogen-bond donors (Lipinski definition) is 2. The molecule has 0 aliphatic heterocycles. The lowest BCUT2D eigenvalue weighted by Gasteiger charge is -1.94. The van der Waals surface area contributed by atoms with E-state index < -0.39 is 5.97 Å². The Morgan fingerprint density at radius 2 is 2.29 bits per heavy atom. The Kier molecular flexibility index (Phi) is 3.20. The quantitative estimate of drug-likeness (QED) is 0.818. The van der Waals surface area contributed by atoms with Gasteiger partial charge in [0.2, 0.25) is 0 Å². The average molecular weight is 250 g/mol. The highest BCUT2D eigenvalue weighted by atomic mass is 35.5. The molecule has 2 rings (SSSR count). The van der Waals surface area contributed by atoms with Crippen LogP contribution in [0.4, 0.5) is 0 Å². The number of carboxylic acids is 1. The predicted octanol–water partition coefficient (Wildman–Crippen LogP) is 2.22. The SMILES string of the molecule is O=C(O)C=Cc1nc(-c2cccc(Cl)c2)n[nH]1. The van der Waals surface area contributed by atoms with E-state index in [2.05, 4.69) is 15.2 Å². The minimum atomic E-state index is -1.04. The monoisotopic (exact) mass is 249 g/mol. The Morgan fingerprint density at radius 3 is 3.00 bits per heavy atom. The largest absolute Gasteiger partial charge is 0.478 e. The van der Waals surface area contributed by atoms with Crippen LogP contribution in [-0.2, 0) is 4.79 Å². The first-order valence-corrected chi connectivity index (χ1v) is 5.12. The Hall–Kier alpha value is -2.14. The van der Waals surface area contributed by atoms with Crippen molar-refractivity contribution in [1.29, 1.82) is 0 Å². The van der Waals surface area contributed by atoms with Crippen molar-refractivity contribution in [3.05, 3.63) is 41.2 Å². The maximum absolute atomic E-state index is 10.3. The molecule has 0 radical (unpaired) electrons. The minimum Gasteiger partial charge on any atom is -0.478 e. The number of nitrogens with zero attached hydrogens (tertiary/aromatic N) is 2. The van der Waals surface area contributed by atoms with Gasteiger partial charge in [-0.1, -0.05) is 23.7 Å². The number of hydrogen-bond acceptors (Lipinski definition) is 3. The molecule has 86 valence electrons. The van der Waals surface area contributed by atoms with Gasteiger partial charge in [0.05, 0.1) is 0 Å². The van der Waals surface area contributed by atoms with Crippen LogP contribution in [0.25, 0.3) is 17.5 Å². The average Bonchev–Trinajstić information content (AvgIpc) is 2.75. The fraction of sp³-hybridized carbons (Fsp3) is 0. The van der Waals surface area contributed by atoms with Gasteiger partial charge in [0.15, 0.2) is 5.82 Å². The summed E-state index contributed by atoms with van der Waals surface area (Å²) in [5, 5.41) is 15.7. The molecule has 0 aliphatic carbocycles. The second-order valence-corrected chi connectivity index (χ2v) is 3.66. The first-order valence-electron chi connectivity index (χ1n) is 4.74. The first-order chi connectivity index (χ1) is 8.15. The van der Waals surface area contributed by atoms with Crippen molar-refractivity contribution >= 4 is 23.6 Å². The standard InChI is InChI=1S/C11H8ClN3O2/c12-8-3-1-2-7(6-8)11-13-9(14-15-11)4-5-10(16)17/h1-6H,(H,16,17)(H,13,14,15). The summed E-state index contributed by atoms with van der Waals surface area (Å²) < 4.78 is 0. The molecule has 0 amide bonds. The van der Waals surface area contributed by atoms with E-state index in [1.54, 1.807) is 18.2 Å². The van der Waals surface area contributed by atoms with E-state index in [1.165, 1.54) is 6.08 Å². The molecule has 6 heteroatoms. The lowest BCUT2D eigenvalue weighted by atomic mass is 10.2. The molecule has 0 fully saturated rings. The lowest BCUT2D eigenvalue weighted by molar-refractivity contribution is -0.131. The van der Waals surface area contributed by atoms with Crippen molar-refractivity contribution in [3.63, 3.8) is 0 Å². The Morgan fingerprint density at radius 1 is 1.47 bits per heavy atom. The van der Waals surface area contributed by atoms with E-state index in [9.17, 15) is 4.79 Å². The van der Waals surface area contributed by atoms with E-state index in [0.717, 1.165) is 11.6 Å². The number of halogens is 1. The highest BCUT2D eigenvalue weighted by molar-refractivity contribution is 6.30. The third kappa shape index (κ3) is 2.92. The second kappa shape index (κ2) is 4.80. The van der Waals surface area contributed by atoms with Crippen LogP contribution in [-0.4, -0.2) is 26.3 Å². The van der Waals surface area contributed by atoms with Gasteiger partial charge in [0.25, 0.3) is 0 Å². The third-order valence-corrected chi connectivity index (χ3v) is 2.20. The zero-order chi connectivity index (χ0) is 12.3. The van der Waals surface area contributed by atoms with Crippen LogP contribution in [0.3, 0.4) is 0 Å².